The van der Waals surface area contributed by atoms with E-state index in [0.29, 0.717) is 18.5 Å². The molecular weight excluding hydrogens is 428 g/mol. The number of amides is 1. The lowest BCUT2D eigenvalue weighted by molar-refractivity contribution is -0.138. The van der Waals surface area contributed by atoms with Crippen molar-refractivity contribution in [2.75, 3.05) is 0 Å². The molecule has 0 saturated heterocycles. The number of hydrogen-bond acceptors (Lipinski definition) is 2. The highest BCUT2D eigenvalue weighted by Gasteiger charge is 2.38. The zero-order chi connectivity index (χ0) is 21.7. The normalized spacial score (nSPS) is 15.8. The van der Waals surface area contributed by atoms with Gasteiger partial charge in [-0.05, 0) is 43.2 Å². The molecule has 1 aromatic carbocycles. The highest BCUT2D eigenvalue weighted by atomic mass is 35.5. The SMILES string of the molecule is Cc1c(C(C)(C)C)s/c(=N\C(=O)c2c(C(F)(F)F)ccc(Cl)c2F)n1CC1CC1. The van der Waals surface area contributed by atoms with E-state index < -0.39 is 34.1 Å². The van der Waals surface area contributed by atoms with Crippen LogP contribution >= 0.6 is 22.9 Å². The molecule has 158 valence electrons. The highest BCUT2D eigenvalue weighted by Crippen LogP contribution is 2.36. The largest absolute Gasteiger partial charge is 0.417 e. The third kappa shape index (κ3) is 4.58. The van der Waals surface area contributed by atoms with E-state index in [2.05, 4.69) is 4.99 Å². The molecule has 2 aromatic rings. The van der Waals surface area contributed by atoms with Crippen molar-refractivity contribution in [2.45, 2.75) is 58.7 Å². The fourth-order valence-electron chi connectivity index (χ4n) is 3.18. The minimum atomic E-state index is -4.90. The molecule has 9 heteroatoms. The van der Waals surface area contributed by atoms with Crippen LogP contribution in [0.15, 0.2) is 17.1 Å². The number of rotatable bonds is 3. The fourth-order valence-corrected chi connectivity index (χ4v) is 4.53. The molecular formula is C20H21ClF4N2OS. The Morgan fingerprint density at radius 3 is 2.41 bits per heavy atom. The molecule has 0 atom stereocenters. The van der Waals surface area contributed by atoms with Gasteiger partial charge < -0.3 is 4.57 Å². The molecule has 29 heavy (non-hydrogen) atoms. The van der Waals surface area contributed by atoms with Gasteiger partial charge >= 0.3 is 6.18 Å². The Balaban J connectivity index is 2.19. The first kappa shape index (κ1) is 22.0. The van der Waals surface area contributed by atoms with Crippen LogP contribution in [0.25, 0.3) is 0 Å². The highest BCUT2D eigenvalue weighted by molar-refractivity contribution is 7.09. The van der Waals surface area contributed by atoms with Crippen molar-refractivity contribution in [2.24, 2.45) is 10.9 Å². The quantitative estimate of drug-likeness (QED) is 0.521. The molecule has 0 bridgehead atoms. The number of aromatic nitrogens is 1. The molecule has 1 fully saturated rings. The topological polar surface area (TPSA) is 34.4 Å². The number of nitrogens with zero attached hydrogens (tertiary/aromatic N) is 2. The standard InChI is InChI=1S/C20H21ClF4N2OS/c1-10-16(19(2,3)4)29-18(27(10)9-11-5-6-11)26-17(28)14-12(20(23,24)25)7-8-13(21)15(14)22/h7-8,11H,5-6,9H2,1-4H3/b26-18-. The van der Waals surface area contributed by atoms with Crippen LogP contribution in [0.5, 0.6) is 0 Å². The predicted molar refractivity (Wildman–Crippen MR) is 105 cm³/mol. The smallest absolute Gasteiger partial charge is 0.320 e. The molecule has 1 aromatic heterocycles. The molecule has 3 rings (SSSR count). The van der Waals surface area contributed by atoms with Gasteiger partial charge in [-0.3, -0.25) is 4.79 Å². The van der Waals surface area contributed by atoms with Crippen LogP contribution in [-0.2, 0) is 18.1 Å². The number of halogens is 5. The summed E-state index contributed by atoms with van der Waals surface area (Å²) in [4.78, 5) is 17.9. The van der Waals surface area contributed by atoms with Crippen molar-refractivity contribution in [1.29, 1.82) is 0 Å². The Bertz CT molecular complexity index is 1030. The van der Waals surface area contributed by atoms with E-state index in [1.54, 1.807) is 0 Å². The zero-order valence-electron chi connectivity index (χ0n) is 16.5. The van der Waals surface area contributed by atoms with Gasteiger partial charge in [-0.15, -0.1) is 11.3 Å². The number of hydrogen-bond donors (Lipinski definition) is 0. The summed E-state index contributed by atoms with van der Waals surface area (Å²) in [5.74, 6) is -2.24. The van der Waals surface area contributed by atoms with Gasteiger partial charge in [0.25, 0.3) is 5.91 Å². The second-order valence-corrected chi connectivity index (χ2v) is 9.69. The van der Waals surface area contributed by atoms with E-state index in [4.69, 9.17) is 11.6 Å². The van der Waals surface area contributed by atoms with Gasteiger partial charge in [-0.25, -0.2) is 4.39 Å². The van der Waals surface area contributed by atoms with Crippen LogP contribution in [0.3, 0.4) is 0 Å². The van der Waals surface area contributed by atoms with Crippen LogP contribution in [0.2, 0.25) is 5.02 Å². The third-order valence-electron chi connectivity index (χ3n) is 4.79. The molecule has 1 aliphatic rings. The first-order valence-corrected chi connectivity index (χ1v) is 10.3. The van der Waals surface area contributed by atoms with E-state index in [0.717, 1.165) is 29.5 Å². The Morgan fingerprint density at radius 1 is 1.28 bits per heavy atom. The summed E-state index contributed by atoms with van der Waals surface area (Å²) >= 11 is 6.89. The minimum absolute atomic E-state index is 0.227. The molecule has 0 spiro atoms. The number of carbonyl (C=O) groups is 1. The maximum absolute atomic E-state index is 14.4. The Morgan fingerprint density at radius 2 is 1.90 bits per heavy atom. The van der Waals surface area contributed by atoms with Crippen molar-refractivity contribution >= 4 is 28.8 Å². The van der Waals surface area contributed by atoms with E-state index in [1.807, 2.05) is 32.3 Å². The second-order valence-electron chi connectivity index (χ2n) is 8.30. The van der Waals surface area contributed by atoms with Crippen molar-refractivity contribution in [3.8, 4) is 0 Å². The summed E-state index contributed by atoms with van der Waals surface area (Å²) in [6, 6.07) is 1.39. The van der Waals surface area contributed by atoms with Gasteiger partial charge in [0.2, 0.25) is 0 Å². The van der Waals surface area contributed by atoms with Gasteiger partial charge in [0.15, 0.2) is 10.6 Å². The average Bonchev–Trinajstić information content (AvgIpc) is 3.34. The van der Waals surface area contributed by atoms with Gasteiger partial charge in [-0.1, -0.05) is 32.4 Å². The van der Waals surface area contributed by atoms with Gasteiger partial charge in [0.1, 0.15) is 0 Å². The summed E-state index contributed by atoms with van der Waals surface area (Å²) in [5, 5.41) is -0.555. The first-order chi connectivity index (χ1) is 13.3. The molecule has 0 N–H and O–H groups in total. The van der Waals surface area contributed by atoms with Crippen molar-refractivity contribution in [3.63, 3.8) is 0 Å². The summed E-state index contributed by atoms with van der Waals surface area (Å²) < 4.78 is 56.3. The van der Waals surface area contributed by atoms with E-state index in [9.17, 15) is 22.4 Å². The van der Waals surface area contributed by atoms with Crippen LogP contribution in [0.1, 0.15) is 60.1 Å². The van der Waals surface area contributed by atoms with E-state index >= 15 is 0 Å². The minimum Gasteiger partial charge on any atom is -0.320 e. The lowest BCUT2D eigenvalue weighted by atomic mass is 9.93. The van der Waals surface area contributed by atoms with Gasteiger partial charge in [0.05, 0.1) is 16.1 Å². The molecule has 1 saturated carbocycles. The number of carbonyl (C=O) groups excluding carboxylic acids is 1. The summed E-state index contributed by atoms with van der Waals surface area (Å²) in [6.07, 6.45) is -2.79. The van der Waals surface area contributed by atoms with Crippen LogP contribution in [0, 0.1) is 18.7 Å². The van der Waals surface area contributed by atoms with E-state index in [1.165, 1.54) is 11.3 Å². The fraction of sp³-hybridized carbons (Fsp3) is 0.500. The van der Waals surface area contributed by atoms with Crippen molar-refractivity contribution in [3.05, 3.63) is 49.5 Å². The van der Waals surface area contributed by atoms with Gasteiger partial charge in [-0.2, -0.15) is 18.2 Å². The second kappa shape index (κ2) is 7.54. The van der Waals surface area contributed by atoms with Crippen LogP contribution in [-0.4, -0.2) is 10.5 Å². The predicted octanol–water partition coefficient (Wildman–Crippen LogP) is 6.12. The Hall–Kier alpha value is -1.67. The molecule has 0 radical (unpaired) electrons. The summed E-state index contributed by atoms with van der Waals surface area (Å²) in [6.45, 7) is 8.57. The van der Waals surface area contributed by atoms with Crippen molar-refractivity contribution in [1.82, 2.24) is 4.57 Å². The first-order valence-electron chi connectivity index (χ1n) is 9.15. The third-order valence-corrected chi connectivity index (χ3v) is 6.69. The maximum atomic E-state index is 14.4. The summed E-state index contributed by atoms with van der Waals surface area (Å²) in [7, 11) is 0. The lowest BCUT2D eigenvalue weighted by Crippen LogP contribution is -2.21. The number of alkyl halides is 3. The Labute approximate surface area is 175 Å². The molecule has 3 nitrogen and oxygen atoms in total. The average molecular weight is 449 g/mol. The van der Waals surface area contributed by atoms with Crippen molar-refractivity contribution < 1.29 is 22.4 Å². The molecule has 0 aliphatic heterocycles. The van der Waals surface area contributed by atoms with E-state index in [-0.39, 0.29) is 10.2 Å². The molecule has 1 amide bonds. The number of thiazole rings is 1. The zero-order valence-corrected chi connectivity index (χ0v) is 18.0. The molecule has 1 heterocycles. The lowest BCUT2D eigenvalue weighted by Gasteiger charge is -2.17. The Kier molecular flexibility index (Phi) is 5.73. The maximum Gasteiger partial charge on any atom is 0.417 e. The van der Waals surface area contributed by atoms with Crippen LogP contribution < -0.4 is 4.80 Å². The van der Waals surface area contributed by atoms with Gasteiger partial charge in [0, 0.05) is 17.1 Å². The monoisotopic (exact) mass is 448 g/mol. The summed E-state index contributed by atoms with van der Waals surface area (Å²) in [5.41, 5.74) is -1.84. The molecule has 0 unspecified atom stereocenters. The number of benzene rings is 1. The molecule has 1 aliphatic carbocycles. The van der Waals surface area contributed by atoms with Crippen LogP contribution in [0.4, 0.5) is 17.6 Å².